The Bertz CT molecular complexity index is 1250. The van der Waals surface area contributed by atoms with E-state index in [9.17, 15) is 22.4 Å². The molecular formula is C20H14BrF4N5OS. The van der Waals surface area contributed by atoms with E-state index >= 15 is 0 Å². The molecule has 2 N–H and O–H groups in total. The molecule has 12 heteroatoms. The minimum atomic E-state index is -4.73. The molecule has 0 fully saturated rings. The molecule has 2 aromatic carbocycles. The minimum Gasteiger partial charge on any atom is -0.260 e. The van der Waals surface area contributed by atoms with E-state index in [4.69, 9.17) is 5.84 Å². The maximum absolute atomic E-state index is 14.4. The van der Waals surface area contributed by atoms with E-state index in [1.54, 1.807) is 35.7 Å². The van der Waals surface area contributed by atoms with Gasteiger partial charge in [0.1, 0.15) is 17.0 Å². The Hall–Kier alpha value is -3.09. The lowest BCUT2D eigenvalue weighted by atomic mass is 10.2. The summed E-state index contributed by atoms with van der Waals surface area (Å²) in [6.07, 6.45) is -1.88. The predicted octanol–water partition coefficient (Wildman–Crippen LogP) is 6.07. The highest BCUT2D eigenvalue weighted by Gasteiger charge is 2.33. The van der Waals surface area contributed by atoms with Crippen molar-refractivity contribution >= 4 is 61.6 Å². The number of aromatic nitrogens is 2. The minimum absolute atomic E-state index is 0. The van der Waals surface area contributed by atoms with Gasteiger partial charge in [-0.1, -0.05) is 18.2 Å². The van der Waals surface area contributed by atoms with Gasteiger partial charge in [-0.25, -0.2) is 30.0 Å². The highest BCUT2D eigenvalue weighted by Crippen LogP contribution is 2.37. The van der Waals surface area contributed by atoms with E-state index in [1.807, 2.05) is 0 Å². The third kappa shape index (κ3) is 4.42. The quantitative estimate of drug-likeness (QED) is 0.152. The Morgan fingerprint density at radius 3 is 2.47 bits per heavy atom. The summed E-state index contributed by atoms with van der Waals surface area (Å²) in [5, 5.41) is 2.52. The lowest BCUT2D eigenvalue weighted by Gasteiger charge is -2.28. The molecule has 2 heterocycles. The van der Waals surface area contributed by atoms with Gasteiger partial charge in [0.25, 0.3) is 0 Å². The Labute approximate surface area is 193 Å². The van der Waals surface area contributed by atoms with E-state index in [2.05, 4.69) is 9.97 Å². The van der Waals surface area contributed by atoms with Crippen LogP contribution in [0.3, 0.4) is 0 Å². The number of halogens is 5. The molecule has 32 heavy (non-hydrogen) atoms. The fourth-order valence-corrected chi connectivity index (χ4v) is 3.80. The number of anilines is 3. The van der Waals surface area contributed by atoms with Crippen LogP contribution < -0.4 is 15.8 Å². The number of amides is 2. The van der Waals surface area contributed by atoms with Gasteiger partial charge >= 0.3 is 12.2 Å². The van der Waals surface area contributed by atoms with Gasteiger partial charge in [-0.2, -0.15) is 13.2 Å². The van der Waals surface area contributed by atoms with Gasteiger partial charge in [-0.05, 0) is 30.3 Å². The van der Waals surface area contributed by atoms with Gasteiger partial charge in [-0.3, -0.25) is 4.90 Å². The summed E-state index contributed by atoms with van der Waals surface area (Å²) in [6, 6.07) is 9.02. The van der Waals surface area contributed by atoms with Crippen LogP contribution in [0.2, 0.25) is 0 Å². The summed E-state index contributed by atoms with van der Waals surface area (Å²) in [5.41, 5.74) is -1.11. The van der Waals surface area contributed by atoms with Gasteiger partial charge in [0.05, 0.1) is 28.0 Å². The topological polar surface area (TPSA) is 75.3 Å². The van der Waals surface area contributed by atoms with Crippen molar-refractivity contribution in [3.05, 3.63) is 77.8 Å². The van der Waals surface area contributed by atoms with Crippen LogP contribution in [0.5, 0.6) is 0 Å². The summed E-state index contributed by atoms with van der Waals surface area (Å²) in [5.74, 6) is 4.77. The molecule has 6 nitrogen and oxygen atoms in total. The number of hydrogen-bond acceptors (Lipinski definition) is 5. The van der Waals surface area contributed by atoms with E-state index in [1.165, 1.54) is 28.8 Å². The molecule has 0 aliphatic heterocycles. The lowest BCUT2D eigenvalue weighted by molar-refractivity contribution is -0.137. The normalized spacial score (nSPS) is 11.2. The maximum Gasteiger partial charge on any atom is 0.416 e. The van der Waals surface area contributed by atoms with Crippen molar-refractivity contribution in [3.63, 3.8) is 0 Å². The number of hydrazine groups is 1. The van der Waals surface area contributed by atoms with Crippen LogP contribution in [0.25, 0.3) is 10.2 Å². The van der Waals surface area contributed by atoms with E-state index < -0.39 is 29.3 Å². The van der Waals surface area contributed by atoms with Crippen LogP contribution >= 0.6 is 28.3 Å². The molecule has 0 atom stereocenters. The van der Waals surface area contributed by atoms with Crippen molar-refractivity contribution < 1.29 is 22.4 Å². The second-order valence-electron chi connectivity index (χ2n) is 6.35. The average molecular weight is 528 g/mol. The maximum atomic E-state index is 14.4. The number of nitrogens with two attached hydrogens (primary N) is 1. The number of carbonyl (C=O) groups is 1. The molecule has 0 bridgehead atoms. The number of urea groups is 1. The number of thiophene rings is 1. The smallest absolute Gasteiger partial charge is 0.260 e. The fraction of sp³-hybridized carbons (Fsp3) is 0.0500. The molecule has 0 saturated heterocycles. The Morgan fingerprint density at radius 1 is 1.06 bits per heavy atom. The zero-order valence-corrected chi connectivity index (χ0v) is 18.5. The molecular weight excluding hydrogens is 514 g/mol. The second kappa shape index (κ2) is 9.18. The van der Waals surface area contributed by atoms with Crippen molar-refractivity contribution in [2.24, 2.45) is 5.84 Å². The third-order valence-electron chi connectivity index (χ3n) is 4.42. The molecule has 0 spiro atoms. The number of para-hydroxylation sites is 1. The number of rotatable bonds is 3. The zero-order chi connectivity index (χ0) is 22.2. The number of fused-ring (bicyclic) bond motifs is 1. The summed E-state index contributed by atoms with van der Waals surface area (Å²) in [6.45, 7) is 0. The first-order chi connectivity index (χ1) is 14.8. The van der Waals surface area contributed by atoms with Gasteiger partial charge in [0.2, 0.25) is 0 Å². The summed E-state index contributed by atoms with van der Waals surface area (Å²) in [4.78, 5) is 23.2. The Morgan fingerprint density at radius 2 is 1.78 bits per heavy atom. The first-order valence-electron chi connectivity index (χ1n) is 8.75. The second-order valence-corrected chi connectivity index (χ2v) is 7.21. The molecule has 2 amide bonds. The number of carbonyl (C=O) groups excluding carboxylic acids is 1. The van der Waals surface area contributed by atoms with Crippen LogP contribution in [0.4, 0.5) is 39.4 Å². The largest absolute Gasteiger partial charge is 0.416 e. The highest BCUT2D eigenvalue weighted by molar-refractivity contribution is 8.93. The zero-order valence-electron chi connectivity index (χ0n) is 16.0. The highest BCUT2D eigenvalue weighted by atomic mass is 79.9. The number of nitrogens with zero attached hydrogens (tertiary/aromatic N) is 4. The van der Waals surface area contributed by atoms with Gasteiger partial charge in [-0.15, -0.1) is 28.3 Å². The summed E-state index contributed by atoms with van der Waals surface area (Å²) < 4.78 is 53.6. The molecule has 0 aliphatic rings. The van der Waals surface area contributed by atoms with Gasteiger partial charge in [0, 0.05) is 11.6 Å². The van der Waals surface area contributed by atoms with Crippen molar-refractivity contribution in [1.29, 1.82) is 0 Å². The molecule has 166 valence electrons. The van der Waals surface area contributed by atoms with Crippen molar-refractivity contribution in [1.82, 2.24) is 9.97 Å². The Balaban J connectivity index is 0.00000289. The van der Waals surface area contributed by atoms with Crippen LogP contribution in [-0.2, 0) is 6.18 Å². The van der Waals surface area contributed by atoms with E-state index in [-0.39, 0.29) is 17.0 Å². The van der Waals surface area contributed by atoms with Crippen molar-refractivity contribution in [2.45, 2.75) is 6.18 Å². The molecule has 2 aromatic heterocycles. The van der Waals surface area contributed by atoms with Crippen molar-refractivity contribution in [2.75, 3.05) is 9.91 Å². The first kappa shape index (κ1) is 23.6. The van der Waals surface area contributed by atoms with Gasteiger partial charge in [0.15, 0.2) is 0 Å². The number of hydrogen-bond donors (Lipinski definition) is 1. The van der Waals surface area contributed by atoms with Crippen LogP contribution in [0, 0.1) is 5.82 Å². The molecule has 0 radical (unpaired) electrons. The number of benzene rings is 2. The lowest BCUT2D eigenvalue weighted by Crippen LogP contribution is -2.46. The van der Waals surface area contributed by atoms with E-state index in [0.717, 1.165) is 0 Å². The van der Waals surface area contributed by atoms with Crippen molar-refractivity contribution in [3.8, 4) is 0 Å². The number of alkyl halides is 3. The molecule has 0 unspecified atom stereocenters. The third-order valence-corrected chi connectivity index (χ3v) is 5.31. The first-order valence-corrected chi connectivity index (χ1v) is 9.63. The molecule has 0 saturated carbocycles. The molecule has 4 rings (SSSR count). The van der Waals surface area contributed by atoms with Crippen LogP contribution in [0.1, 0.15) is 5.56 Å². The standard InChI is InChI=1S/C20H13F4N5OS.BrH/c21-15-7-6-12(20(22,23)24)8-16(15)29(25)19(30)28(13-4-2-1-3-5-13)17-10-31-18-14(17)9-26-11-27-18;/h1-11H,25H2;1H. The molecule has 0 aliphatic carbocycles. The average Bonchev–Trinajstić information content (AvgIpc) is 3.17. The summed E-state index contributed by atoms with van der Waals surface area (Å²) in [7, 11) is 0. The van der Waals surface area contributed by atoms with Crippen LogP contribution in [-0.4, -0.2) is 16.0 Å². The van der Waals surface area contributed by atoms with Gasteiger partial charge < -0.3 is 0 Å². The predicted molar refractivity (Wildman–Crippen MR) is 120 cm³/mol. The molecule has 4 aromatic rings. The SMILES string of the molecule is Br.NN(C(=O)N(c1ccccc1)c1csc2ncncc12)c1cc(C(F)(F)F)ccc1F. The summed E-state index contributed by atoms with van der Waals surface area (Å²) >= 11 is 1.24. The monoisotopic (exact) mass is 527 g/mol. The Kier molecular flexibility index (Phi) is 6.77. The fourth-order valence-electron chi connectivity index (χ4n) is 2.95. The van der Waals surface area contributed by atoms with Crippen LogP contribution in [0.15, 0.2) is 66.4 Å². The van der Waals surface area contributed by atoms with E-state index in [0.29, 0.717) is 44.8 Å².